The molecular formula is C15H19N5O3. The predicted molar refractivity (Wildman–Crippen MR) is 84.5 cm³/mol. The van der Waals surface area contributed by atoms with E-state index in [0.29, 0.717) is 17.8 Å². The van der Waals surface area contributed by atoms with E-state index >= 15 is 0 Å². The maximum atomic E-state index is 12.0. The summed E-state index contributed by atoms with van der Waals surface area (Å²) in [4.78, 5) is 28.7. The van der Waals surface area contributed by atoms with Crippen molar-refractivity contribution in [1.82, 2.24) is 19.8 Å². The Morgan fingerprint density at radius 2 is 2.09 bits per heavy atom. The van der Waals surface area contributed by atoms with Crippen LogP contribution in [0.2, 0.25) is 0 Å². The second kappa shape index (κ2) is 6.99. The van der Waals surface area contributed by atoms with E-state index in [9.17, 15) is 9.59 Å². The molecule has 0 aliphatic rings. The molecule has 0 amide bonds. The number of hydrogen-bond donors (Lipinski definition) is 0. The van der Waals surface area contributed by atoms with Gasteiger partial charge < -0.3 is 4.84 Å². The second-order valence-corrected chi connectivity index (χ2v) is 5.09. The minimum atomic E-state index is -0.349. The fraction of sp³-hybridized carbons (Fsp3) is 0.400. The molecular weight excluding hydrogens is 298 g/mol. The number of oxime groups is 1. The van der Waals surface area contributed by atoms with E-state index in [2.05, 4.69) is 15.6 Å². The van der Waals surface area contributed by atoms with Crippen molar-refractivity contribution in [1.29, 1.82) is 0 Å². The maximum absolute atomic E-state index is 12.0. The van der Waals surface area contributed by atoms with Crippen LogP contribution in [0.1, 0.15) is 31.4 Å². The Morgan fingerprint density at radius 3 is 2.65 bits per heavy atom. The van der Waals surface area contributed by atoms with E-state index in [1.807, 2.05) is 26.0 Å². The van der Waals surface area contributed by atoms with Crippen LogP contribution in [0.4, 0.5) is 0 Å². The number of aryl methyl sites for hydroxylation is 2. The van der Waals surface area contributed by atoms with E-state index in [-0.39, 0.29) is 18.1 Å². The number of hydrogen-bond acceptors (Lipinski definition) is 6. The summed E-state index contributed by atoms with van der Waals surface area (Å²) in [7, 11) is 1.53. The zero-order valence-corrected chi connectivity index (χ0v) is 13.6. The van der Waals surface area contributed by atoms with Gasteiger partial charge in [0.1, 0.15) is 12.3 Å². The highest BCUT2D eigenvalue weighted by atomic mass is 16.6. The van der Waals surface area contributed by atoms with Gasteiger partial charge in [-0.2, -0.15) is 9.36 Å². The molecule has 1 aromatic carbocycles. The van der Waals surface area contributed by atoms with Gasteiger partial charge in [0.05, 0.1) is 5.69 Å². The SMILES string of the molecule is CCC(=NOCc1c(C)cccc1-n1nnn(C)c1=O)C(C)=O. The quantitative estimate of drug-likeness (QED) is 0.588. The molecule has 0 fully saturated rings. The molecule has 0 unspecified atom stereocenters. The fourth-order valence-corrected chi connectivity index (χ4v) is 2.09. The molecule has 0 saturated heterocycles. The molecule has 0 aliphatic heterocycles. The van der Waals surface area contributed by atoms with Gasteiger partial charge in [-0.3, -0.25) is 4.79 Å². The topological polar surface area (TPSA) is 91.4 Å². The smallest absolute Gasteiger partial charge is 0.368 e. The second-order valence-electron chi connectivity index (χ2n) is 5.09. The van der Waals surface area contributed by atoms with Gasteiger partial charge in [-0.1, -0.05) is 24.2 Å². The zero-order valence-electron chi connectivity index (χ0n) is 13.6. The lowest BCUT2D eigenvalue weighted by Gasteiger charge is -2.10. The van der Waals surface area contributed by atoms with Crippen molar-refractivity contribution in [3.8, 4) is 5.69 Å². The van der Waals surface area contributed by atoms with Crippen molar-refractivity contribution >= 4 is 11.5 Å². The number of rotatable bonds is 6. The van der Waals surface area contributed by atoms with Crippen LogP contribution >= 0.6 is 0 Å². The summed E-state index contributed by atoms with van der Waals surface area (Å²) >= 11 is 0. The summed E-state index contributed by atoms with van der Waals surface area (Å²) < 4.78 is 2.36. The number of nitrogens with zero attached hydrogens (tertiary/aromatic N) is 5. The van der Waals surface area contributed by atoms with Crippen LogP contribution in [-0.4, -0.2) is 31.3 Å². The monoisotopic (exact) mass is 317 g/mol. The summed E-state index contributed by atoms with van der Waals surface area (Å²) in [6.45, 7) is 5.31. The Kier molecular flexibility index (Phi) is 5.05. The molecule has 1 aromatic heterocycles. The highest BCUT2D eigenvalue weighted by Gasteiger charge is 2.13. The molecule has 23 heavy (non-hydrogen) atoms. The van der Waals surface area contributed by atoms with Gasteiger partial charge in [-0.05, 0) is 35.4 Å². The minimum absolute atomic E-state index is 0.123. The Balaban J connectivity index is 2.34. The highest BCUT2D eigenvalue weighted by molar-refractivity contribution is 6.38. The average Bonchev–Trinajstić information content (AvgIpc) is 2.84. The van der Waals surface area contributed by atoms with Crippen molar-refractivity contribution in [3.63, 3.8) is 0 Å². The van der Waals surface area contributed by atoms with Crippen LogP contribution in [0.15, 0.2) is 28.1 Å². The van der Waals surface area contributed by atoms with E-state index in [0.717, 1.165) is 15.8 Å². The summed E-state index contributed by atoms with van der Waals surface area (Å²) in [6, 6.07) is 5.49. The largest absolute Gasteiger partial charge is 0.391 e. The number of ketones is 1. The summed E-state index contributed by atoms with van der Waals surface area (Å²) in [5, 5.41) is 11.4. The number of tetrazole rings is 1. The fourth-order valence-electron chi connectivity index (χ4n) is 2.09. The predicted octanol–water partition coefficient (Wildman–Crippen LogP) is 1.15. The molecule has 0 bridgehead atoms. The molecule has 0 saturated carbocycles. The third-order valence-electron chi connectivity index (χ3n) is 3.46. The molecule has 8 nitrogen and oxygen atoms in total. The molecule has 0 spiro atoms. The number of aromatic nitrogens is 4. The van der Waals surface area contributed by atoms with E-state index in [1.165, 1.54) is 18.7 Å². The average molecular weight is 317 g/mol. The number of carbonyl (C=O) groups excluding carboxylic acids is 1. The number of Topliss-reactive ketones (excluding diaryl/α,β-unsaturated/α-hetero) is 1. The molecule has 0 radical (unpaired) electrons. The first-order chi connectivity index (χ1) is 11.0. The van der Waals surface area contributed by atoms with Crippen LogP contribution in [0.5, 0.6) is 0 Å². The zero-order chi connectivity index (χ0) is 17.0. The van der Waals surface area contributed by atoms with Gasteiger partial charge in [-0.15, -0.1) is 0 Å². The van der Waals surface area contributed by atoms with Crippen LogP contribution in [0.25, 0.3) is 5.69 Å². The Bertz CT molecular complexity index is 804. The standard InChI is InChI=1S/C15H19N5O3/c1-5-13(11(3)21)16-23-9-12-10(2)7-6-8-14(12)20-15(22)19(4)17-18-20/h6-8H,5,9H2,1-4H3. The summed E-state index contributed by atoms with van der Waals surface area (Å²) in [5.41, 5.74) is 2.29. The Hall–Kier alpha value is -2.77. The van der Waals surface area contributed by atoms with Gasteiger partial charge in [0, 0.05) is 19.5 Å². The van der Waals surface area contributed by atoms with Gasteiger partial charge >= 0.3 is 5.69 Å². The first-order valence-electron chi connectivity index (χ1n) is 7.23. The lowest BCUT2D eigenvalue weighted by molar-refractivity contribution is -0.111. The molecule has 0 N–H and O–H groups in total. The lowest BCUT2D eigenvalue weighted by Crippen LogP contribution is -2.23. The van der Waals surface area contributed by atoms with Crippen LogP contribution in [0, 0.1) is 6.92 Å². The van der Waals surface area contributed by atoms with Crippen LogP contribution < -0.4 is 5.69 Å². The minimum Gasteiger partial charge on any atom is -0.391 e. The summed E-state index contributed by atoms with van der Waals surface area (Å²) in [6.07, 6.45) is 0.500. The molecule has 8 heteroatoms. The molecule has 0 aliphatic carbocycles. The van der Waals surface area contributed by atoms with Crippen molar-refractivity contribution in [2.24, 2.45) is 12.2 Å². The van der Waals surface area contributed by atoms with E-state index in [1.54, 1.807) is 6.07 Å². The molecule has 1 heterocycles. The first-order valence-corrected chi connectivity index (χ1v) is 7.23. The van der Waals surface area contributed by atoms with Crippen LogP contribution in [0.3, 0.4) is 0 Å². The van der Waals surface area contributed by atoms with E-state index in [4.69, 9.17) is 4.84 Å². The molecule has 2 rings (SSSR count). The van der Waals surface area contributed by atoms with Crippen LogP contribution in [-0.2, 0) is 23.3 Å². The van der Waals surface area contributed by atoms with Crippen molar-refractivity contribution < 1.29 is 9.63 Å². The van der Waals surface area contributed by atoms with Gasteiger partial charge in [0.25, 0.3) is 0 Å². The van der Waals surface area contributed by atoms with Gasteiger partial charge in [0.15, 0.2) is 5.78 Å². The summed E-state index contributed by atoms with van der Waals surface area (Å²) in [5.74, 6) is -0.123. The lowest BCUT2D eigenvalue weighted by atomic mass is 10.1. The van der Waals surface area contributed by atoms with Gasteiger partial charge in [-0.25, -0.2) is 4.79 Å². The van der Waals surface area contributed by atoms with Crippen molar-refractivity contribution in [2.45, 2.75) is 33.8 Å². The third-order valence-corrected chi connectivity index (χ3v) is 3.46. The Morgan fingerprint density at radius 1 is 1.35 bits per heavy atom. The third kappa shape index (κ3) is 3.53. The highest BCUT2D eigenvalue weighted by Crippen LogP contribution is 2.18. The van der Waals surface area contributed by atoms with Crippen molar-refractivity contribution in [2.75, 3.05) is 0 Å². The first kappa shape index (κ1) is 16.6. The van der Waals surface area contributed by atoms with Crippen molar-refractivity contribution in [3.05, 3.63) is 39.8 Å². The Labute approximate surface area is 133 Å². The number of carbonyl (C=O) groups is 1. The molecule has 122 valence electrons. The maximum Gasteiger partial charge on any atom is 0.368 e. The van der Waals surface area contributed by atoms with Gasteiger partial charge in [0.2, 0.25) is 0 Å². The molecule has 2 aromatic rings. The normalized spacial score (nSPS) is 11.6. The number of benzene rings is 1. The van der Waals surface area contributed by atoms with E-state index < -0.39 is 0 Å². The molecule has 0 atom stereocenters.